The Bertz CT molecular complexity index is 569. The summed E-state index contributed by atoms with van der Waals surface area (Å²) in [5, 5.41) is 6.94. The molecule has 5 nitrogen and oxygen atoms in total. The van der Waals surface area contributed by atoms with Gasteiger partial charge in [0.1, 0.15) is 0 Å². The molecule has 2 aliphatic heterocycles. The van der Waals surface area contributed by atoms with Crippen molar-refractivity contribution in [3.05, 3.63) is 35.9 Å². The molecule has 0 radical (unpaired) electrons. The van der Waals surface area contributed by atoms with E-state index in [2.05, 4.69) is 64.6 Å². The van der Waals surface area contributed by atoms with Crippen molar-refractivity contribution in [1.29, 1.82) is 0 Å². The van der Waals surface area contributed by atoms with Crippen LogP contribution in [-0.2, 0) is 11.2 Å². The molecule has 1 aromatic carbocycles. The summed E-state index contributed by atoms with van der Waals surface area (Å²) in [4.78, 5) is 7.61. The smallest absolute Gasteiger partial charge is 0.191 e. The summed E-state index contributed by atoms with van der Waals surface area (Å²) in [5.41, 5.74) is 1.61. The molecule has 1 unspecified atom stereocenters. The van der Waals surface area contributed by atoms with Gasteiger partial charge in [-0.1, -0.05) is 30.3 Å². The quantitative estimate of drug-likeness (QED) is 0.405. The molecule has 1 aromatic rings. The SMILES string of the molecule is CCNC(=NCC1(N2CCOCC2)CCSC1)NCCCc1ccccc1. The Hall–Kier alpha value is -1.24. The molecule has 0 bridgehead atoms. The monoisotopic (exact) mass is 390 g/mol. The topological polar surface area (TPSA) is 48.9 Å². The normalized spacial score (nSPS) is 24.1. The lowest BCUT2D eigenvalue weighted by Gasteiger charge is -2.42. The number of aryl methyl sites for hydroxylation is 1. The van der Waals surface area contributed by atoms with E-state index in [0.717, 1.165) is 64.7 Å². The Morgan fingerprint density at radius 2 is 2.04 bits per heavy atom. The first-order valence-corrected chi connectivity index (χ1v) is 11.4. The summed E-state index contributed by atoms with van der Waals surface area (Å²) in [5.74, 6) is 3.38. The molecule has 3 rings (SSSR count). The molecule has 2 aliphatic rings. The maximum absolute atomic E-state index is 5.56. The van der Waals surface area contributed by atoms with Gasteiger partial charge in [0.25, 0.3) is 0 Å². The van der Waals surface area contributed by atoms with Gasteiger partial charge in [0, 0.05) is 31.9 Å². The van der Waals surface area contributed by atoms with Crippen LogP contribution in [0.3, 0.4) is 0 Å². The average Bonchev–Trinajstić information content (AvgIpc) is 3.21. The van der Waals surface area contributed by atoms with Crippen LogP contribution in [0.4, 0.5) is 0 Å². The highest BCUT2D eigenvalue weighted by molar-refractivity contribution is 7.99. The van der Waals surface area contributed by atoms with E-state index in [0.29, 0.717) is 0 Å². The van der Waals surface area contributed by atoms with Crippen molar-refractivity contribution in [3.63, 3.8) is 0 Å². The number of guanidine groups is 1. The lowest BCUT2D eigenvalue weighted by Crippen LogP contribution is -2.56. The average molecular weight is 391 g/mol. The van der Waals surface area contributed by atoms with Gasteiger partial charge >= 0.3 is 0 Å². The third-order valence-corrected chi connectivity index (χ3v) is 6.65. The minimum absolute atomic E-state index is 0.209. The van der Waals surface area contributed by atoms with Crippen LogP contribution in [0.2, 0.25) is 0 Å². The molecule has 6 heteroatoms. The second-order valence-electron chi connectivity index (χ2n) is 7.34. The van der Waals surface area contributed by atoms with Crippen LogP contribution in [0.1, 0.15) is 25.3 Å². The van der Waals surface area contributed by atoms with Gasteiger partial charge in [-0.25, -0.2) is 0 Å². The van der Waals surface area contributed by atoms with E-state index in [1.165, 1.54) is 23.5 Å². The van der Waals surface area contributed by atoms with E-state index in [4.69, 9.17) is 9.73 Å². The van der Waals surface area contributed by atoms with E-state index < -0.39 is 0 Å². The van der Waals surface area contributed by atoms with Crippen LogP contribution < -0.4 is 10.6 Å². The Morgan fingerprint density at radius 1 is 1.22 bits per heavy atom. The van der Waals surface area contributed by atoms with Crippen molar-refractivity contribution >= 4 is 17.7 Å². The van der Waals surface area contributed by atoms with Gasteiger partial charge in [0.2, 0.25) is 0 Å². The van der Waals surface area contributed by atoms with Gasteiger partial charge in [0.05, 0.1) is 25.3 Å². The van der Waals surface area contributed by atoms with E-state index in [-0.39, 0.29) is 5.54 Å². The zero-order chi connectivity index (χ0) is 18.8. The molecule has 0 saturated carbocycles. The van der Waals surface area contributed by atoms with Crippen LogP contribution in [0.15, 0.2) is 35.3 Å². The van der Waals surface area contributed by atoms with Crippen LogP contribution in [0.25, 0.3) is 0 Å². The third-order valence-electron chi connectivity index (χ3n) is 5.42. The summed E-state index contributed by atoms with van der Waals surface area (Å²) in [6.45, 7) is 8.62. The maximum Gasteiger partial charge on any atom is 0.191 e. The first-order chi connectivity index (χ1) is 13.3. The number of thioether (sulfide) groups is 1. The van der Waals surface area contributed by atoms with E-state index in [9.17, 15) is 0 Å². The Labute approximate surface area is 168 Å². The molecule has 2 fully saturated rings. The Kier molecular flexibility index (Phi) is 8.30. The maximum atomic E-state index is 5.56. The van der Waals surface area contributed by atoms with Crippen LogP contribution in [0.5, 0.6) is 0 Å². The molecule has 0 aliphatic carbocycles. The molecule has 0 amide bonds. The van der Waals surface area contributed by atoms with Gasteiger partial charge in [-0.05, 0) is 37.5 Å². The third kappa shape index (κ3) is 6.13. The Balaban J connectivity index is 1.52. The van der Waals surface area contributed by atoms with E-state index in [1.807, 2.05) is 0 Å². The number of nitrogens with one attached hydrogen (secondary N) is 2. The highest BCUT2D eigenvalue weighted by Crippen LogP contribution is 2.34. The highest BCUT2D eigenvalue weighted by Gasteiger charge is 2.40. The number of ether oxygens (including phenoxy) is 1. The van der Waals surface area contributed by atoms with Gasteiger partial charge in [-0.15, -0.1) is 0 Å². The predicted octanol–water partition coefficient (Wildman–Crippen LogP) is 2.38. The molecule has 150 valence electrons. The van der Waals surface area contributed by atoms with Crippen molar-refractivity contribution in [3.8, 4) is 0 Å². The van der Waals surface area contributed by atoms with E-state index in [1.54, 1.807) is 0 Å². The fraction of sp³-hybridized carbons (Fsp3) is 0.667. The second-order valence-corrected chi connectivity index (χ2v) is 8.44. The predicted molar refractivity (Wildman–Crippen MR) is 116 cm³/mol. The largest absolute Gasteiger partial charge is 0.379 e. The van der Waals surface area contributed by atoms with Crippen molar-refractivity contribution in [2.45, 2.75) is 31.7 Å². The standard InChI is InChI=1S/C21H34N4OS/c1-2-22-20(23-11-6-9-19-7-4-3-5-8-19)24-17-21(10-16-27-18-21)25-12-14-26-15-13-25/h3-5,7-8H,2,6,9-18H2,1H3,(H2,22,23,24). The number of hydrogen-bond donors (Lipinski definition) is 2. The number of benzene rings is 1. The molecule has 2 N–H and O–H groups in total. The van der Waals surface area contributed by atoms with Crippen LogP contribution in [-0.4, -0.2) is 73.8 Å². The first-order valence-electron chi connectivity index (χ1n) is 10.3. The van der Waals surface area contributed by atoms with Gasteiger partial charge in [0.15, 0.2) is 5.96 Å². The summed E-state index contributed by atoms with van der Waals surface area (Å²) in [6.07, 6.45) is 3.44. The fourth-order valence-electron chi connectivity index (χ4n) is 3.82. The lowest BCUT2D eigenvalue weighted by molar-refractivity contribution is -0.0104. The van der Waals surface area contributed by atoms with Gasteiger partial charge < -0.3 is 15.4 Å². The zero-order valence-corrected chi connectivity index (χ0v) is 17.4. The number of rotatable bonds is 8. The molecular formula is C21H34N4OS. The van der Waals surface area contributed by atoms with Crippen molar-refractivity contribution in [2.75, 3.05) is 57.4 Å². The number of hydrogen-bond acceptors (Lipinski definition) is 4. The summed E-state index contributed by atoms with van der Waals surface area (Å²) >= 11 is 2.07. The molecule has 0 spiro atoms. The second kappa shape index (κ2) is 10.9. The van der Waals surface area contributed by atoms with Crippen molar-refractivity contribution in [1.82, 2.24) is 15.5 Å². The van der Waals surface area contributed by atoms with Crippen LogP contribution >= 0.6 is 11.8 Å². The minimum atomic E-state index is 0.209. The van der Waals surface area contributed by atoms with E-state index >= 15 is 0 Å². The highest BCUT2D eigenvalue weighted by atomic mass is 32.2. The summed E-state index contributed by atoms with van der Waals surface area (Å²) in [7, 11) is 0. The molecule has 2 saturated heterocycles. The summed E-state index contributed by atoms with van der Waals surface area (Å²) < 4.78 is 5.56. The number of morpholine rings is 1. The number of nitrogens with zero attached hydrogens (tertiary/aromatic N) is 2. The molecular weight excluding hydrogens is 356 g/mol. The fourth-order valence-corrected chi connectivity index (χ4v) is 5.29. The van der Waals surface area contributed by atoms with Gasteiger partial charge in [-0.2, -0.15) is 11.8 Å². The Morgan fingerprint density at radius 3 is 2.74 bits per heavy atom. The van der Waals surface area contributed by atoms with Gasteiger partial charge in [-0.3, -0.25) is 9.89 Å². The van der Waals surface area contributed by atoms with Crippen molar-refractivity contribution < 1.29 is 4.74 Å². The molecule has 2 heterocycles. The molecule has 1 atom stereocenters. The minimum Gasteiger partial charge on any atom is -0.379 e. The lowest BCUT2D eigenvalue weighted by atomic mass is 9.96. The summed E-state index contributed by atoms with van der Waals surface area (Å²) in [6, 6.07) is 10.7. The number of aliphatic imine (C=N–C) groups is 1. The molecule has 0 aromatic heterocycles. The first kappa shape index (κ1) is 20.5. The van der Waals surface area contributed by atoms with Crippen LogP contribution in [0, 0.1) is 0 Å². The molecule has 27 heavy (non-hydrogen) atoms. The van der Waals surface area contributed by atoms with Crippen molar-refractivity contribution in [2.24, 2.45) is 4.99 Å². The zero-order valence-electron chi connectivity index (χ0n) is 16.6.